The standard InChI is InChI=1S/C19H19BrN2/c1-13(2)11-17(20)19-6-4-16-12-15(3-5-18(16)22-19)14-7-9-21-10-8-14/h3-10,12-13,17H,11H2,1-2H3. The lowest BCUT2D eigenvalue weighted by molar-refractivity contribution is 0.579. The van der Waals surface area contributed by atoms with Gasteiger partial charge in [-0.3, -0.25) is 9.97 Å². The van der Waals surface area contributed by atoms with Crippen LogP contribution in [0.1, 0.15) is 30.8 Å². The van der Waals surface area contributed by atoms with Crippen molar-refractivity contribution in [3.63, 3.8) is 0 Å². The highest BCUT2D eigenvalue weighted by Gasteiger charge is 2.11. The largest absolute Gasteiger partial charge is 0.265 e. The highest BCUT2D eigenvalue weighted by atomic mass is 79.9. The number of benzene rings is 1. The molecular weight excluding hydrogens is 336 g/mol. The maximum atomic E-state index is 4.80. The van der Waals surface area contributed by atoms with E-state index in [0.29, 0.717) is 10.7 Å². The maximum absolute atomic E-state index is 4.80. The molecule has 2 aromatic heterocycles. The van der Waals surface area contributed by atoms with Gasteiger partial charge in [0.15, 0.2) is 0 Å². The molecule has 3 heteroatoms. The quantitative estimate of drug-likeness (QED) is 0.555. The number of nitrogens with zero attached hydrogens (tertiary/aromatic N) is 2. The van der Waals surface area contributed by atoms with E-state index in [9.17, 15) is 0 Å². The Hall–Kier alpha value is -1.74. The lowest BCUT2D eigenvalue weighted by atomic mass is 10.0. The number of pyridine rings is 2. The van der Waals surface area contributed by atoms with Gasteiger partial charge >= 0.3 is 0 Å². The number of hydrogen-bond acceptors (Lipinski definition) is 2. The molecule has 0 saturated carbocycles. The van der Waals surface area contributed by atoms with Crippen LogP contribution in [0.3, 0.4) is 0 Å². The van der Waals surface area contributed by atoms with Crippen LogP contribution in [0.25, 0.3) is 22.0 Å². The zero-order valence-electron chi connectivity index (χ0n) is 12.8. The maximum Gasteiger partial charge on any atom is 0.0706 e. The first-order chi connectivity index (χ1) is 10.6. The van der Waals surface area contributed by atoms with Crippen molar-refractivity contribution in [2.45, 2.75) is 25.1 Å². The van der Waals surface area contributed by atoms with E-state index >= 15 is 0 Å². The Morgan fingerprint density at radius 2 is 1.73 bits per heavy atom. The van der Waals surface area contributed by atoms with Gasteiger partial charge in [0.05, 0.1) is 16.0 Å². The zero-order chi connectivity index (χ0) is 15.5. The van der Waals surface area contributed by atoms with Crippen molar-refractivity contribution < 1.29 is 0 Å². The van der Waals surface area contributed by atoms with E-state index < -0.39 is 0 Å². The SMILES string of the molecule is CC(C)CC(Br)c1ccc2cc(-c3ccncc3)ccc2n1. The van der Waals surface area contributed by atoms with Crippen molar-refractivity contribution >= 4 is 26.8 Å². The van der Waals surface area contributed by atoms with Crippen LogP contribution >= 0.6 is 15.9 Å². The molecule has 0 N–H and O–H groups in total. The molecule has 3 rings (SSSR count). The van der Waals surface area contributed by atoms with Crippen LogP contribution in [-0.4, -0.2) is 9.97 Å². The molecular formula is C19H19BrN2. The summed E-state index contributed by atoms with van der Waals surface area (Å²) in [6, 6.07) is 14.8. The molecule has 0 aliphatic rings. The minimum absolute atomic E-state index is 0.316. The van der Waals surface area contributed by atoms with Crippen LogP contribution in [0.15, 0.2) is 54.9 Å². The van der Waals surface area contributed by atoms with Gasteiger partial charge in [0, 0.05) is 17.8 Å². The smallest absolute Gasteiger partial charge is 0.0706 e. The molecule has 2 heterocycles. The van der Waals surface area contributed by atoms with Crippen molar-refractivity contribution in [1.29, 1.82) is 0 Å². The molecule has 0 fully saturated rings. The fraction of sp³-hybridized carbons (Fsp3) is 0.263. The van der Waals surface area contributed by atoms with Crippen LogP contribution in [0.5, 0.6) is 0 Å². The third kappa shape index (κ3) is 3.36. The first-order valence-electron chi connectivity index (χ1n) is 7.58. The summed E-state index contributed by atoms with van der Waals surface area (Å²) in [5, 5.41) is 1.17. The van der Waals surface area contributed by atoms with Crippen LogP contribution in [0.2, 0.25) is 0 Å². The van der Waals surface area contributed by atoms with E-state index in [1.54, 1.807) is 0 Å². The minimum Gasteiger partial charge on any atom is -0.265 e. The monoisotopic (exact) mass is 354 g/mol. The Kier molecular flexibility index (Phi) is 4.53. The summed E-state index contributed by atoms with van der Waals surface area (Å²) >= 11 is 3.75. The van der Waals surface area contributed by atoms with Crippen molar-refractivity contribution in [2.75, 3.05) is 0 Å². The van der Waals surface area contributed by atoms with Gasteiger partial charge in [0.1, 0.15) is 0 Å². The van der Waals surface area contributed by atoms with Crippen molar-refractivity contribution in [1.82, 2.24) is 9.97 Å². The van der Waals surface area contributed by atoms with Gasteiger partial charge in [0.25, 0.3) is 0 Å². The molecule has 22 heavy (non-hydrogen) atoms. The van der Waals surface area contributed by atoms with Crippen LogP contribution in [-0.2, 0) is 0 Å². The molecule has 0 aliphatic carbocycles. The third-order valence-corrected chi connectivity index (χ3v) is 4.57. The Balaban J connectivity index is 1.95. The van der Waals surface area contributed by atoms with Gasteiger partial charge in [-0.1, -0.05) is 41.9 Å². The highest BCUT2D eigenvalue weighted by Crippen LogP contribution is 2.30. The molecule has 0 saturated heterocycles. The summed E-state index contributed by atoms with van der Waals surface area (Å²) in [6.07, 6.45) is 4.73. The second-order valence-corrected chi connectivity index (χ2v) is 7.08. The van der Waals surface area contributed by atoms with Gasteiger partial charge in [-0.25, -0.2) is 0 Å². The van der Waals surface area contributed by atoms with Crippen LogP contribution in [0, 0.1) is 5.92 Å². The van der Waals surface area contributed by atoms with Crippen molar-refractivity contribution in [2.24, 2.45) is 5.92 Å². The molecule has 3 aromatic rings. The summed E-state index contributed by atoms with van der Waals surface area (Å²) in [4.78, 5) is 9.19. The van der Waals surface area contributed by atoms with Gasteiger partial charge in [-0.15, -0.1) is 0 Å². The first-order valence-corrected chi connectivity index (χ1v) is 8.50. The predicted octanol–water partition coefficient (Wildman–Crippen LogP) is 5.78. The molecule has 1 atom stereocenters. The number of rotatable bonds is 4. The molecule has 0 amide bonds. The molecule has 0 radical (unpaired) electrons. The zero-order valence-corrected chi connectivity index (χ0v) is 14.4. The van der Waals surface area contributed by atoms with E-state index in [4.69, 9.17) is 4.98 Å². The Bertz CT molecular complexity index is 769. The summed E-state index contributed by atoms with van der Waals surface area (Å²) in [6.45, 7) is 4.46. The predicted molar refractivity (Wildman–Crippen MR) is 96.1 cm³/mol. The van der Waals surface area contributed by atoms with E-state index in [2.05, 4.69) is 65.1 Å². The molecule has 1 aromatic carbocycles. The number of fused-ring (bicyclic) bond motifs is 1. The summed E-state index contributed by atoms with van der Waals surface area (Å²) in [7, 11) is 0. The average molecular weight is 355 g/mol. The molecule has 0 spiro atoms. The van der Waals surface area contributed by atoms with E-state index in [-0.39, 0.29) is 0 Å². The fourth-order valence-electron chi connectivity index (χ4n) is 2.57. The van der Waals surface area contributed by atoms with Gasteiger partial charge < -0.3 is 0 Å². The Labute approximate surface area is 139 Å². The van der Waals surface area contributed by atoms with Gasteiger partial charge in [-0.2, -0.15) is 0 Å². The Morgan fingerprint density at radius 1 is 0.955 bits per heavy atom. The van der Waals surface area contributed by atoms with Crippen LogP contribution in [0.4, 0.5) is 0 Å². The second-order valence-electron chi connectivity index (χ2n) is 5.98. The second kappa shape index (κ2) is 6.57. The summed E-state index contributed by atoms with van der Waals surface area (Å²) < 4.78 is 0. The number of halogens is 1. The molecule has 1 unspecified atom stereocenters. The number of aromatic nitrogens is 2. The normalized spacial score (nSPS) is 12.7. The van der Waals surface area contributed by atoms with Crippen molar-refractivity contribution in [3.05, 3.63) is 60.6 Å². The van der Waals surface area contributed by atoms with E-state index in [0.717, 1.165) is 17.6 Å². The number of alkyl halides is 1. The number of hydrogen-bond donors (Lipinski definition) is 0. The highest BCUT2D eigenvalue weighted by molar-refractivity contribution is 9.09. The third-order valence-electron chi connectivity index (χ3n) is 3.72. The molecule has 0 bridgehead atoms. The average Bonchev–Trinajstić information content (AvgIpc) is 2.54. The first kappa shape index (κ1) is 15.2. The fourth-order valence-corrected chi connectivity index (χ4v) is 3.58. The Morgan fingerprint density at radius 3 is 2.45 bits per heavy atom. The van der Waals surface area contributed by atoms with Crippen molar-refractivity contribution in [3.8, 4) is 11.1 Å². The molecule has 2 nitrogen and oxygen atoms in total. The summed E-state index contributed by atoms with van der Waals surface area (Å²) in [5.41, 5.74) is 4.53. The van der Waals surface area contributed by atoms with Crippen LogP contribution < -0.4 is 0 Å². The molecule has 112 valence electrons. The summed E-state index contributed by atoms with van der Waals surface area (Å²) in [5.74, 6) is 0.649. The lowest BCUT2D eigenvalue weighted by Gasteiger charge is -2.13. The van der Waals surface area contributed by atoms with E-state index in [1.165, 1.54) is 16.5 Å². The van der Waals surface area contributed by atoms with Gasteiger partial charge in [-0.05, 0) is 53.8 Å². The lowest BCUT2D eigenvalue weighted by Crippen LogP contribution is -1.98. The van der Waals surface area contributed by atoms with E-state index in [1.807, 2.05) is 24.5 Å². The minimum atomic E-state index is 0.316. The molecule has 0 aliphatic heterocycles. The van der Waals surface area contributed by atoms with Gasteiger partial charge in [0.2, 0.25) is 0 Å². The topological polar surface area (TPSA) is 25.8 Å².